The van der Waals surface area contributed by atoms with Crippen LogP contribution in [0.3, 0.4) is 0 Å². The van der Waals surface area contributed by atoms with Gasteiger partial charge in [-0.3, -0.25) is 4.79 Å². The zero-order valence-electron chi connectivity index (χ0n) is 10.9. The molecule has 0 aliphatic carbocycles. The summed E-state index contributed by atoms with van der Waals surface area (Å²) < 4.78 is 76.5. The summed E-state index contributed by atoms with van der Waals surface area (Å²) in [5.41, 5.74) is -1.67. The molecule has 0 aromatic heterocycles. The van der Waals surface area contributed by atoms with E-state index in [2.05, 4.69) is 0 Å². The van der Waals surface area contributed by atoms with Gasteiger partial charge in [0.25, 0.3) is 10.0 Å². The molecule has 0 bridgehead atoms. The first kappa shape index (κ1) is 17.8. The monoisotopic (exact) mass is 345 g/mol. The van der Waals surface area contributed by atoms with Crippen LogP contribution < -0.4 is 4.72 Å². The van der Waals surface area contributed by atoms with Crippen LogP contribution >= 0.6 is 11.8 Å². The average Bonchev–Trinajstić information content (AvgIpc) is 2.35. The summed E-state index contributed by atoms with van der Waals surface area (Å²) in [6, 6.07) is 1.11. The predicted octanol–water partition coefficient (Wildman–Crippen LogP) is 2.40. The number of rotatable bonds is 4. The fraction of sp³-hybridized carbons (Fsp3) is 0.364. The summed E-state index contributed by atoms with van der Waals surface area (Å²) >= 11 is 1.02. The minimum absolute atomic E-state index is 0.0665. The number of hydrogen-bond donors (Lipinski definition) is 1. The maximum absolute atomic E-state index is 12.9. The van der Waals surface area contributed by atoms with Crippen LogP contribution in [-0.4, -0.2) is 25.8 Å². The van der Waals surface area contributed by atoms with E-state index in [4.69, 9.17) is 0 Å². The van der Waals surface area contributed by atoms with E-state index in [-0.39, 0.29) is 6.07 Å². The van der Waals surface area contributed by atoms with Crippen LogP contribution in [0.1, 0.15) is 12.5 Å². The van der Waals surface area contributed by atoms with Gasteiger partial charge >= 0.3 is 6.18 Å². The van der Waals surface area contributed by atoms with E-state index in [9.17, 15) is 30.8 Å². The Hall–Kier alpha value is -1.29. The topological polar surface area (TPSA) is 63.2 Å². The lowest BCUT2D eigenvalue weighted by atomic mass is 10.2. The number of halogens is 4. The Kier molecular flexibility index (Phi) is 5.26. The standard InChI is InChI=1S/C11H11F4NO3S2/c1-6(20-2)10(17)16-21(18,19)9-4-3-7(12)5-8(9)11(13,14)15/h3-6H,1-2H3,(H,16,17)/t6-/m0/s1. The molecule has 0 saturated carbocycles. The number of benzene rings is 1. The quantitative estimate of drug-likeness (QED) is 0.851. The number of hydrogen-bond acceptors (Lipinski definition) is 4. The lowest BCUT2D eigenvalue weighted by molar-refractivity contribution is -0.140. The molecule has 118 valence electrons. The molecule has 4 nitrogen and oxygen atoms in total. The third kappa shape index (κ3) is 4.34. The van der Waals surface area contributed by atoms with Crippen LogP contribution in [0, 0.1) is 5.82 Å². The number of alkyl halides is 3. The Balaban J connectivity index is 3.30. The van der Waals surface area contributed by atoms with E-state index >= 15 is 0 Å². The third-order valence-corrected chi connectivity index (χ3v) is 4.82. The molecule has 0 radical (unpaired) electrons. The number of thioether (sulfide) groups is 1. The van der Waals surface area contributed by atoms with Crippen molar-refractivity contribution in [3.05, 3.63) is 29.6 Å². The van der Waals surface area contributed by atoms with Gasteiger partial charge in [0, 0.05) is 0 Å². The molecule has 0 heterocycles. The van der Waals surface area contributed by atoms with E-state index in [0.717, 1.165) is 11.8 Å². The van der Waals surface area contributed by atoms with Gasteiger partial charge in [-0.2, -0.15) is 24.9 Å². The van der Waals surface area contributed by atoms with Crippen molar-refractivity contribution in [2.45, 2.75) is 23.2 Å². The smallest absolute Gasteiger partial charge is 0.273 e. The van der Waals surface area contributed by atoms with Crippen LogP contribution in [0.5, 0.6) is 0 Å². The highest BCUT2D eigenvalue weighted by Gasteiger charge is 2.38. The molecule has 21 heavy (non-hydrogen) atoms. The molecular weight excluding hydrogens is 334 g/mol. The fourth-order valence-electron chi connectivity index (χ4n) is 1.34. The van der Waals surface area contributed by atoms with E-state index in [0.29, 0.717) is 12.1 Å². The molecule has 10 heteroatoms. The van der Waals surface area contributed by atoms with Crippen molar-refractivity contribution in [1.29, 1.82) is 0 Å². The van der Waals surface area contributed by atoms with Crippen LogP contribution in [0.2, 0.25) is 0 Å². The first-order chi connectivity index (χ1) is 9.49. The largest absolute Gasteiger partial charge is 0.417 e. The van der Waals surface area contributed by atoms with Crippen molar-refractivity contribution in [2.24, 2.45) is 0 Å². The van der Waals surface area contributed by atoms with Gasteiger partial charge in [0.15, 0.2) is 0 Å². The minimum atomic E-state index is -5.07. The van der Waals surface area contributed by atoms with Gasteiger partial charge < -0.3 is 0 Å². The highest BCUT2D eigenvalue weighted by atomic mass is 32.2. The van der Waals surface area contributed by atoms with Crippen molar-refractivity contribution >= 4 is 27.7 Å². The summed E-state index contributed by atoms with van der Waals surface area (Å²) in [5.74, 6) is -2.19. The molecule has 0 unspecified atom stereocenters. The van der Waals surface area contributed by atoms with Crippen molar-refractivity contribution in [2.75, 3.05) is 6.26 Å². The van der Waals surface area contributed by atoms with Gasteiger partial charge in [-0.05, 0) is 31.4 Å². The van der Waals surface area contributed by atoms with Gasteiger partial charge in [-0.15, -0.1) is 0 Å². The summed E-state index contributed by atoms with van der Waals surface area (Å²) in [4.78, 5) is 10.3. The molecule has 0 aliphatic heterocycles. The molecule has 1 rings (SSSR count). The fourth-order valence-corrected chi connectivity index (χ4v) is 2.95. The molecule has 0 aliphatic rings. The second-order valence-electron chi connectivity index (χ2n) is 3.99. The van der Waals surface area contributed by atoms with E-state index in [1.165, 1.54) is 13.2 Å². The van der Waals surface area contributed by atoms with Crippen LogP contribution in [-0.2, 0) is 21.0 Å². The van der Waals surface area contributed by atoms with Crippen LogP contribution in [0.25, 0.3) is 0 Å². The molecule has 0 fully saturated rings. The Labute approximate surface area is 123 Å². The normalized spacial score (nSPS) is 13.8. The Morgan fingerprint density at radius 3 is 2.38 bits per heavy atom. The van der Waals surface area contributed by atoms with Crippen molar-refractivity contribution in [3.63, 3.8) is 0 Å². The molecular formula is C11H11F4NO3S2. The second kappa shape index (κ2) is 6.22. The predicted molar refractivity (Wildman–Crippen MR) is 69.7 cm³/mol. The maximum Gasteiger partial charge on any atom is 0.417 e. The van der Waals surface area contributed by atoms with Crippen LogP contribution in [0.15, 0.2) is 23.1 Å². The summed E-state index contributed by atoms with van der Waals surface area (Å²) in [7, 11) is -4.74. The number of carbonyl (C=O) groups is 1. The average molecular weight is 345 g/mol. The number of nitrogens with one attached hydrogen (secondary N) is 1. The molecule has 1 N–H and O–H groups in total. The van der Waals surface area contributed by atoms with Crippen molar-refractivity contribution in [1.82, 2.24) is 4.72 Å². The molecule has 1 atom stereocenters. The van der Waals surface area contributed by atoms with E-state index < -0.39 is 43.6 Å². The lowest BCUT2D eigenvalue weighted by Gasteiger charge is -2.15. The first-order valence-corrected chi connectivity index (χ1v) is 8.22. The number of amides is 1. The summed E-state index contributed by atoms with van der Waals surface area (Å²) in [5, 5.41) is -0.769. The lowest BCUT2D eigenvalue weighted by Crippen LogP contribution is -2.36. The van der Waals surface area contributed by atoms with Gasteiger partial charge in [-0.25, -0.2) is 17.5 Å². The molecule has 0 saturated heterocycles. The van der Waals surface area contributed by atoms with E-state index in [1.807, 2.05) is 0 Å². The minimum Gasteiger partial charge on any atom is -0.273 e. The second-order valence-corrected chi connectivity index (χ2v) is 6.82. The Bertz CT molecular complexity index is 643. The Morgan fingerprint density at radius 1 is 1.33 bits per heavy atom. The SMILES string of the molecule is CS[C@@H](C)C(=O)NS(=O)(=O)c1ccc(F)cc1C(F)(F)F. The first-order valence-electron chi connectivity index (χ1n) is 5.45. The number of carbonyl (C=O) groups excluding carboxylic acids is 1. The molecule has 0 spiro atoms. The van der Waals surface area contributed by atoms with Crippen LogP contribution in [0.4, 0.5) is 17.6 Å². The van der Waals surface area contributed by atoms with Gasteiger partial charge in [0.2, 0.25) is 5.91 Å². The third-order valence-electron chi connectivity index (χ3n) is 2.49. The molecule has 1 aromatic rings. The molecule has 1 amide bonds. The van der Waals surface area contributed by atoms with Crippen molar-refractivity contribution in [3.8, 4) is 0 Å². The molecule has 1 aromatic carbocycles. The van der Waals surface area contributed by atoms with Gasteiger partial charge in [-0.1, -0.05) is 0 Å². The van der Waals surface area contributed by atoms with Crippen molar-refractivity contribution < 1.29 is 30.8 Å². The summed E-state index contributed by atoms with van der Waals surface area (Å²) in [6.45, 7) is 1.39. The highest BCUT2D eigenvalue weighted by molar-refractivity contribution is 8.00. The highest BCUT2D eigenvalue weighted by Crippen LogP contribution is 2.34. The maximum atomic E-state index is 12.9. The number of sulfonamides is 1. The zero-order valence-corrected chi connectivity index (χ0v) is 12.5. The summed E-state index contributed by atoms with van der Waals surface area (Å²) in [6.07, 6.45) is -3.53. The Morgan fingerprint density at radius 2 is 1.90 bits per heavy atom. The van der Waals surface area contributed by atoms with Gasteiger partial charge in [0.05, 0.1) is 15.7 Å². The van der Waals surface area contributed by atoms with E-state index in [1.54, 1.807) is 4.72 Å². The van der Waals surface area contributed by atoms with Gasteiger partial charge in [0.1, 0.15) is 5.82 Å². The zero-order chi connectivity index (χ0) is 16.4.